The van der Waals surface area contributed by atoms with Crippen molar-refractivity contribution in [1.82, 2.24) is 14.9 Å². The maximum atomic E-state index is 12.9. The topological polar surface area (TPSA) is 44.3 Å². The Hall–Kier alpha value is -1.63. The molecule has 5 nitrogen and oxygen atoms in total. The number of nitrogens with one attached hydrogen (secondary N) is 1. The van der Waals surface area contributed by atoms with Crippen molar-refractivity contribution in [2.75, 3.05) is 36.4 Å². The zero-order chi connectivity index (χ0) is 21.8. The SMILES string of the molecule is CC1CN(CCC2CCC(Nc3ncc(F)cn3)CC2)CCN1c1cccc(Cl)c1Cl. The van der Waals surface area contributed by atoms with Crippen LogP contribution in [0.1, 0.15) is 39.0 Å². The fourth-order valence-electron chi connectivity index (χ4n) is 4.84. The van der Waals surface area contributed by atoms with E-state index in [0.29, 0.717) is 28.1 Å². The van der Waals surface area contributed by atoms with E-state index < -0.39 is 5.82 Å². The molecule has 1 aliphatic heterocycles. The quantitative estimate of drug-likeness (QED) is 0.610. The Bertz CT molecular complexity index is 858. The molecule has 0 bridgehead atoms. The number of halogens is 3. The lowest BCUT2D eigenvalue weighted by Crippen LogP contribution is -2.52. The van der Waals surface area contributed by atoms with Crippen LogP contribution >= 0.6 is 23.2 Å². The number of piperazine rings is 1. The van der Waals surface area contributed by atoms with Gasteiger partial charge < -0.3 is 10.2 Å². The number of rotatable bonds is 6. The summed E-state index contributed by atoms with van der Waals surface area (Å²) in [5.41, 5.74) is 1.04. The van der Waals surface area contributed by atoms with Gasteiger partial charge in [-0.3, -0.25) is 4.90 Å². The van der Waals surface area contributed by atoms with E-state index in [1.807, 2.05) is 12.1 Å². The Morgan fingerprint density at radius 2 is 1.84 bits per heavy atom. The molecule has 1 unspecified atom stereocenters. The van der Waals surface area contributed by atoms with Gasteiger partial charge in [0.15, 0.2) is 5.82 Å². The standard InChI is InChI=1S/C23H30Cl2FN5/c1-16-15-30(11-12-31(16)21-4-2-3-20(24)22(21)25)10-9-17-5-7-19(8-6-17)29-23-27-13-18(26)14-28-23/h2-4,13-14,16-17,19H,5-12,15H2,1H3,(H,27,28,29). The fraction of sp³-hybridized carbons (Fsp3) is 0.565. The Morgan fingerprint density at radius 3 is 2.55 bits per heavy atom. The van der Waals surface area contributed by atoms with Gasteiger partial charge in [-0.2, -0.15) is 0 Å². The van der Waals surface area contributed by atoms with Crippen molar-refractivity contribution in [3.05, 3.63) is 46.5 Å². The number of hydrogen-bond donors (Lipinski definition) is 1. The molecule has 2 fully saturated rings. The lowest BCUT2D eigenvalue weighted by molar-refractivity contribution is 0.199. The van der Waals surface area contributed by atoms with Crippen molar-refractivity contribution in [3.63, 3.8) is 0 Å². The molecule has 1 saturated heterocycles. The van der Waals surface area contributed by atoms with Gasteiger partial charge in [-0.05, 0) is 63.6 Å². The summed E-state index contributed by atoms with van der Waals surface area (Å²) in [6.45, 7) is 6.46. The largest absolute Gasteiger partial charge is 0.365 e. The molecule has 1 N–H and O–H groups in total. The Kier molecular flexibility index (Phi) is 7.51. The van der Waals surface area contributed by atoms with Crippen LogP contribution in [0.15, 0.2) is 30.6 Å². The predicted molar refractivity (Wildman–Crippen MR) is 126 cm³/mol. The van der Waals surface area contributed by atoms with Crippen molar-refractivity contribution in [2.45, 2.75) is 51.1 Å². The van der Waals surface area contributed by atoms with Gasteiger partial charge in [0, 0.05) is 31.7 Å². The van der Waals surface area contributed by atoms with Gasteiger partial charge in [-0.1, -0.05) is 29.3 Å². The molecule has 2 aromatic rings. The molecule has 1 saturated carbocycles. The van der Waals surface area contributed by atoms with Crippen molar-refractivity contribution in [2.24, 2.45) is 5.92 Å². The maximum absolute atomic E-state index is 12.9. The van der Waals surface area contributed by atoms with Crippen molar-refractivity contribution >= 4 is 34.8 Å². The van der Waals surface area contributed by atoms with Gasteiger partial charge in [0.1, 0.15) is 0 Å². The Labute approximate surface area is 194 Å². The summed E-state index contributed by atoms with van der Waals surface area (Å²) in [5.74, 6) is 0.888. The molecule has 0 radical (unpaired) electrons. The minimum atomic E-state index is -0.403. The summed E-state index contributed by atoms with van der Waals surface area (Å²) in [6.07, 6.45) is 8.32. The van der Waals surface area contributed by atoms with Crippen LogP contribution in [0.5, 0.6) is 0 Å². The second-order valence-electron chi connectivity index (χ2n) is 8.79. The molecular weight excluding hydrogens is 436 g/mol. The molecule has 1 aliphatic carbocycles. The summed E-state index contributed by atoms with van der Waals surface area (Å²) in [5, 5.41) is 4.61. The van der Waals surface area contributed by atoms with Crippen LogP contribution in [0.4, 0.5) is 16.0 Å². The summed E-state index contributed by atoms with van der Waals surface area (Å²) in [7, 11) is 0. The second-order valence-corrected chi connectivity index (χ2v) is 9.58. The van der Waals surface area contributed by atoms with Crippen LogP contribution in [0.25, 0.3) is 0 Å². The number of benzene rings is 1. The third kappa shape index (κ3) is 5.79. The summed E-state index contributed by atoms with van der Waals surface area (Å²) >= 11 is 12.7. The van der Waals surface area contributed by atoms with E-state index >= 15 is 0 Å². The molecule has 1 aromatic carbocycles. The molecule has 2 heterocycles. The van der Waals surface area contributed by atoms with E-state index in [2.05, 4.69) is 38.1 Å². The molecule has 168 valence electrons. The van der Waals surface area contributed by atoms with Crippen LogP contribution in [-0.2, 0) is 0 Å². The summed E-state index contributed by atoms with van der Waals surface area (Å²) in [6, 6.07) is 6.65. The molecule has 31 heavy (non-hydrogen) atoms. The minimum Gasteiger partial charge on any atom is -0.365 e. The number of hydrogen-bond acceptors (Lipinski definition) is 5. The van der Waals surface area contributed by atoms with E-state index in [-0.39, 0.29) is 0 Å². The van der Waals surface area contributed by atoms with Gasteiger partial charge >= 0.3 is 0 Å². The highest BCUT2D eigenvalue weighted by Gasteiger charge is 2.27. The lowest BCUT2D eigenvalue weighted by Gasteiger charge is -2.42. The second kappa shape index (κ2) is 10.3. The van der Waals surface area contributed by atoms with E-state index in [9.17, 15) is 4.39 Å². The molecule has 0 amide bonds. The number of anilines is 2. The van der Waals surface area contributed by atoms with Crippen molar-refractivity contribution in [3.8, 4) is 0 Å². The first kappa shape index (κ1) is 22.6. The van der Waals surface area contributed by atoms with E-state index in [0.717, 1.165) is 50.6 Å². The molecule has 2 aliphatic rings. The monoisotopic (exact) mass is 465 g/mol. The minimum absolute atomic E-state index is 0.382. The average Bonchev–Trinajstić information content (AvgIpc) is 2.77. The lowest BCUT2D eigenvalue weighted by atomic mass is 9.84. The van der Waals surface area contributed by atoms with E-state index in [4.69, 9.17) is 23.2 Å². The van der Waals surface area contributed by atoms with E-state index in [1.165, 1.54) is 31.7 Å². The first-order valence-electron chi connectivity index (χ1n) is 11.2. The summed E-state index contributed by atoms with van der Waals surface area (Å²) < 4.78 is 12.9. The number of aromatic nitrogens is 2. The molecule has 1 atom stereocenters. The molecular formula is C23H30Cl2FN5. The Balaban J connectivity index is 1.20. The van der Waals surface area contributed by atoms with Crippen LogP contribution < -0.4 is 10.2 Å². The third-order valence-corrected chi connectivity index (χ3v) is 7.42. The van der Waals surface area contributed by atoms with Gasteiger partial charge in [-0.15, -0.1) is 0 Å². The highest BCUT2D eigenvalue weighted by molar-refractivity contribution is 6.43. The zero-order valence-corrected chi connectivity index (χ0v) is 19.4. The highest BCUT2D eigenvalue weighted by Crippen LogP contribution is 2.34. The fourth-order valence-corrected chi connectivity index (χ4v) is 5.24. The predicted octanol–water partition coefficient (Wildman–Crippen LogP) is 5.49. The van der Waals surface area contributed by atoms with Gasteiger partial charge in [0.05, 0.1) is 28.1 Å². The van der Waals surface area contributed by atoms with Crippen LogP contribution in [0.3, 0.4) is 0 Å². The maximum Gasteiger partial charge on any atom is 0.222 e. The van der Waals surface area contributed by atoms with Crippen LogP contribution in [0, 0.1) is 11.7 Å². The Morgan fingerprint density at radius 1 is 1.10 bits per heavy atom. The normalized spacial score (nSPS) is 24.9. The average molecular weight is 466 g/mol. The first-order valence-corrected chi connectivity index (χ1v) is 11.9. The molecule has 1 aromatic heterocycles. The first-order chi connectivity index (χ1) is 15.0. The zero-order valence-electron chi connectivity index (χ0n) is 17.9. The van der Waals surface area contributed by atoms with Crippen LogP contribution in [0.2, 0.25) is 10.0 Å². The molecule has 4 rings (SSSR count). The van der Waals surface area contributed by atoms with Crippen molar-refractivity contribution in [1.29, 1.82) is 0 Å². The van der Waals surface area contributed by atoms with Gasteiger partial charge in [0.2, 0.25) is 5.95 Å². The van der Waals surface area contributed by atoms with E-state index in [1.54, 1.807) is 0 Å². The number of nitrogens with zero attached hydrogens (tertiary/aromatic N) is 4. The molecule has 8 heteroatoms. The van der Waals surface area contributed by atoms with Crippen LogP contribution in [-0.4, -0.2) is 53.1 Å². The third-order valence-electron chi connectivity index (χ3n) is 6.61. The smallest absolute Gasteiger partial charge is 0.222 e. The van der Waals surface area contributed by atoms with Gasteiger partial charge in [0.25, 0.3) is 0 Å². The highest BCUT2D eigenvalue weighted by atomic mass is 35.5. The van der Waals surface area contributed by atoms with Crippen molar-refractivity contribution < 1.29 is 4.39 Å². The molecule has 0 spiro atoms. The summed E-state index contributed by atoms with van der Waals surface area (Å²) in [4.78, 5) is 13.0. The van der Waals surface area contributed by atoms with Gasteiger partial charge in [-0.25, -0.2) is 14.4 Å².